The van der Waals surface area contributed by atoms with Crippen molar-refractivity contribution in [2.75, 3.05) is 10.0 Å². The Morgan fingerprint density at radius 1 is 1.09 bits per heavy atom. The Labute approximate surface area is 208 Å². The largest absolute Gasteiger partial charge is 0.337 e. The first kappa shape index (κ1) is 24.0. The van der Waals surface area contributed by atoms with E-state index in [-0.39, 0.29) is 39.8 Å². The van der Waals surface area contributed by atoms with E-state index < -0.39 is 32.8 Å². The molecule has 2 unspecified atom stereocenters. The molecule has 1 aliphatic rings. The minimum absolute atomic E-state index is 0.0854. The van der Waals surface area contributed by atoms with Crippen LogP contribution in [0.2, 0.25) is 5.02 Å². The third kappa shape index (κ3) is 4.87. The Kier molecular flexibility index (Phi) is 6.45. The molecule has 1 heterocycles. The van der Waals surface area contributed by atoms with Crippen LogP contribution in [-0.2, 0) is 17.1 Å². The van der Waals surface area contributed by atoms with Gasteiger partial charge in [-0.25, -0.2) is 17.2 Å². The summed E-state index contributed by atoms with van der Waals surface area (Å²) in [5.74, 6) is -1.54. The summed E-state index contributed by atoms with van der Waals surface area (Å²) in [7, 11) is -2.48. The number of aromatic nitrogens is 1. The first-order valence-corrected chi connectivity index (χ1v) is 12.9. The summed E-state index contributed by atoms with van der Waals surface area (Å²) >= 11 is 7.76. The highest BCUT2D eigenvalue weighted by atomic mass is 127. The van der Waals surface area contributed by atoms with E-state index in [0.29, 0.717) is 9.13 Å². The van der Waals surface area contributed by atoms with Crippen LogP contribution in [0.15, 0.2) is 47.3 Å². The van der Waals surface area contributed by atoms with E-state index in [1.165, 1.54) is 41.9 Å². The molecule has 11 heteroatoms. The van der Waals surface area contributed by atoms with Crippen LogP contribution in [0.25, 0.3) is 0 Å². The second-order valence-corrected chi connectivity index (χ2v) is 11.5. The van der Waals surface area contributed by atoms with Gasteiger partial charge in [0, 0.05) is 27.1 Å². The van der Waals surface area contributed by atoms with Crippen LogP contribution in [0.4, 0.5) is 26.0 Å². The predicted octanol–water partition coefficient (Wildman–Crippen LogP) is 5.27. The molecule has 1 saturated carbocycles. The van der Waals surface area contributed by atoms with E-state index in [1.807, 2.05) is 22.6 Å². The highest BCUT2D eigenvalue weighted by Gasteiger charge is 2.49. The number of pyridine rings is 1. The molecule has 33 heavy (non-hydrogen) atoms. The van der Waals surface area contributed by atoms with Crippen molar-refractivity contribution in [3.63, 3.8) is 0 Å². The number of nitrogens with one attached hydrogen (secondary N) is 2. The summed E-state index contributed by atoms with van der Waals surface area (Å²) < 4.78 is 59.3. The standard InChI is InChI=1S/C22H19ClF2IN3O3S/c1-11-7-19(21(29(2)22(11)30)27-18-6-4-13(26)9-17(18)25)28-33(31,32)20-10-15(20)14-5-3-12(23)8-16(14)24/h3-9,15,20,27-28H,10H2,1-2H3. The summed E-state index contributed by atoms with van der Waals surface area (Å²) in [4.78, 5) is 12.5. The van der Waals surface area contributed by atoms with Crippen LogP contribution in [0.3, 0.4) is 0 Å². The number of hydrogen-bond donors (Lipinski definition) is 2. The lowest BCUT2D eigenvalue weighted by atomic mass is 10.1. The second-order valence-electron chi connectivity index (χ2n) is 7.90. The Bertz CT molecular complexity index is 1430. The molecule has 1 aliphatic carbocycles. The average Bonchev–Trinajstić information content (AvgIpc) is 3.52. The number of hydrogen-bond acceptors (Lipinski definition) is 4. The van der Waals surface area contributed by atoms with E-state index in [4.69, 9.17) is 11.6 Å². The van der Waals surface area contributed by atoms with Gasteiger partial charge in [0.05, 0.1) is 16.6 Å². The maximum atomic E-state index is 14.4. The number of aryl methyl sites for hydroxylation is 1. The first-order valence-electron chi connectivity index (χ1n) is 9.87. The smallest absolute Gasteiger partial charge is 0.254 e. The highest BCUT2D eigenvalue weighted by molar-refractivity contribution is 14.1. The molecule has 0 spiro atoms. The second kappa shape index (κ2) is 8.88. The molecule has 6 nitrogen and oxygen atoms in total. The lowest BCUT2D eigenvalue weighted by Crippen LogP contribution is -2.26. The van der Waals surface area contributed by atoms with Crippen molar-refractivity contribution in [1.82, 2.24) is 4.57 Å². The molecule has 4 rings (SSSR count). The normalized spacial score (nSPS) is 17.6. The Morgan fingerprint density at radius 3 is 2.48 bits per heavy atom. The predicted molar refractivity (Wildman–Crippen MR) is 134 cm³/mol. The van der Waals surface area contributed by atoms with E-state index in [0.717, 1.165) is 6.07 Å². The first-order chi connectivity index (χ1) is 15.5. The molecule has 3 aromatic rings. The molecular formula is C22H19ClF2IN3O3S. The minimum atomic E-state index is -3.94. The maximum absolute atomic E-state index is 14.4. The monoisotopic (exact) mass is 605 g/mol. The van der Waals surface area contributed by atoms with Gasteiger partial charge in [-0.15, -0.1) is 0 Å². The molecule has 0 saturated heterocycles. The molecule has 0 bridgehead atoms. The van der Waals surface area contributed by atoms with Gasteiger partial charge in [0.2, 0.25) is 10.0 Å². The van der Waals surface area contributed by atoms with Crippen molar-refractivity contribution in [3.8, 4) is 0 Å². The Balaban J connectivity index is 1.67. The molecule has 2 N–H and O–H groups in total. The van der Waals surface area contributed by atoms with Crippen LogP contribution in [0.5, 0.6) is 0 Å². The molecule has 0 radical (unpaired) electrons. The summed E-state index contributed by atoms with van der Waals surface area (Å²) in [5.41, 5.74) is 0.404. The molecule has 1 fully saturated rings. The quantitative estimate of drug-likeness (QED) is 0.375. The highest BCUT2D eigenvalue weighted by Crippen LogP contribution is 2.47. The fraction of sp³-hybridized carbons (Fsp3) is 0.227. The number of halogens is 4. The maximum Gasteiger partial charge on any atom is 0.254 e. The van der Waals surface area contributed by atoms with Crippen LogP contribution >= 0.6 is 34.2 Å². The molecule has 1 aromatic heterocycles. The van der Waals surface area contributed by atoms with Gasteiger partial charge in [0.15, 0.2) is 0 Å². The van der Waals surface area contributed by atoms with Gasteiger partial charge < -0.3 is 5.32 Å². The average molecular weight is 606 g/mol. The Hall–Kier alpha value is -2.18. The zero-order valence-corrected chi connectivity index (χ0v) is 21.2. The number of benzene rings is 2. The van der Waals surface area contributed by atoms with Gasteiger partial charge in [0.25, 0.3) is 5.56 Å². The lowest BCUT2D eigenvalue weighted by molar-refractivity contribution is 0.596. The van der Waals surface area contributed by atoms with E-state index >= 15 is 0 Å². The summed E-state index contributed by atoms with van der Waals surface area (Å²) in [6.45, 7) is 1.55. The van der Waals surface area contributed by atoms with Crippen molar-refractivity contribution in [3.05, 3.63) is 84.2 Å². The molecular weight excluding hydrogens is 587 g/mol. The third-order valence-corrected chi connectivity index (χ3v) is 8.25. The van der Waals surface area contributed by atoms with Crippen LogP contribution in [0, 0.1) is 22.1 Å². The molecule has 2 atom stereocenters. The molecule has 0 aliphatic heterocycles. The van der Waals surface area contributed by atoms with Crippen LogP contribution < -0.4 is 15.6 Å². The van der Waals surface area contributed by atoms with Crippen molar-refractivity contribution < 1.29 is 17.2 Å². The van der Waals surface area contributed by atoms with Crippen molar-refractivity contribution in [2.45, 2.75) is 24.5 Å². The van der Waals surface area contributed by atoms with Gasteiger partial charge in [0.1, 0.15) is 17.5 Å². The molecule has 0 amide bonds. The van der Waals surface area contributed by atoms with Gasteiger partial charge >= 0.3 is 0 Å². The van der Waals surface area contributed by atoms with Gasteiger partial charge in [-0.2, -0.15) is 0 Å². The molecule has 174 valence electrons. The van der Waals surface area contributed by atoms with Crippen LogP contribution in [-0.4, -0.2) is 18.2 Å². The SMILES string of the molecule is Cc1cc(NS(=O)(=O)C2CC2c2ccc(Cl)cc2F)c(Nc2ccc(I)cc2F)n(C)c1=O. The number of sulfonamides is 1. The minimum Gasteiger partial charge on any atom is -0.337 e. The van der Waals surface area contributed by atoms with Gasteiger partial charge in [-0.3, -0.25) is 14.1 Å². The van der Waals surface area contributed by atoms with Crippen molar-refractivity contribution in [1.29, 1.82) is 0 Å². The number of rotatable bonds is 6. The van der Waals surface area contributed by atoms with Crippen molar-refractivity contribution >= 4 is 61.4 Å². The van der Waals surface area contributed by atoms with Gasteiger partial charge in [-0.1, -0.05) is 17.7 Å². The van der Waals surface area contributed by atoms with Crippen LogP contribution in [0.1, 0.15) is 23.5 Å². The zero-order valence-electron chi connectivity index (χ0n) is 17.5. The summed E-state index contributed by atoms with van der Waals surface area (Å²) in [6.07, 6.45) is 0.243. The number of anilines is 3. The fourth-order valence-corrected chi connectivity index (χ4v) is 5.98. The zero-order chi connectivity index (χ0) is 24.1. The van der Waals surface area contributed by atoms with Gasteiger partial charge in [-0.05, 0) is 77.9 Å². The lowest BCUT2D eigenvalue weighted by Gasteiger charge is -2.19. The molecule has 2 aromatic carbocycles. The number of nitrogens with zero attached hydrogens (tertiary/aromatic N) is 1. The van der Waals surface area contributed by atoms with E-state index in [2.05, 4.69) is 10.0 Å². The summed E-state index contributed by atoms with van der Waals surface area (Å²) in [5, 5.41) is 2.20. The summed E-state index contributed by atoms with van der Waals surface area (Å²) in [6, 6.07) is 10.0. The topological polar surface area (TPSA) is 80.2 Å². The van der Waals surface area contributed by atoms with E-state index in [1.54, 1.807) is 13.0 Å². The van der Waals surface area contributed by atoms with Crippen molar-refractivity contribution in [2.24, 2.45) is 7.05 Å². The van der Waals surface area contributed by atoms with E-state index in [9.17, 15) is 22.0 Å². The fourth-order valence-electron chi connectivity index (χ4n) is 3.71. The third-order valence-electron chi connectivity index (χ3n) is 5.52. The Morgan fingerprint density at radius 2 is 1.82 bits per heavy atom.